The van der Waals surface area contributed by atoms with Crippen LogP contribution in [0.5, 0.6) is 5.75 Å². The maximum Gasteiger partial charge on any atom is 0.323 e. The van der Waals surface area contributed by atoms with Gasteiger partial charge in [-0.3, -0.25) is 4.79 Å². The predicted molar refractivity (Wildman–Crippen MR) is 102 cm³/mol. The number of carboxylic acid groups (broad SMARTS) is 1. The molecule has 1 atom stereocenters. The van der Waals surface area contributed by atoms with Crippen molar-refractivity contribution in [2.24, 2.45) is 5.73 Å². The van der Waals surface area contributed by atoms with E-state index in [0.29, 0.717) is 25.7 Å². The van der Waals surface area contributed by atoms with Crippen LogP contribution < -0.4 is 10.5 Å². The summed E-state index contributed by atoms with van der Waals surface area (Å²) >= 11 is 0. The maximum atomic E-state index is 11.5. The number of aliphatic carboxylic acids is 1. The average molecular weight is 346 g/mol. The summed E-state index contributed by atoms with van der Waals surface area (Å²) in [5.74, 6) is -0.0822. The zero-order valence-corrected chi connectivity index (χ0v) is 15.7. The number of nitrogens with zero attached hydrogens (tertiary/aromatic N) is 1. The third-order valence-electron chi connectivity index (χ3n) is 4.19. The largest absolute Gasteiger partial charge is 0.491 e. The highest BCUT2D eigenvalue weighted by atomic mass is 16.5. The Morgan fingerprint density at radius 2 is 1.92 bits per heavy atom. The van der Waals surface area contributed by atoms with Crippen molar-refractivity contribution in [1.82, 2.24) is 4.90 Å². The lowest BCUT2D eigenvalue weighted by atomic mass is 9.88. The van der Waals surface area contributed by atoms with E-state index in [1.54, 1.807) is 0 Å². The Kier molecular flexibility index (Phi) is 9.01. The predicted octanol–water partition coefficient (Wildman–Crippen LogP) is 2.83. The van der Waals surface area contributed by atoms with Gasteiger partial charge < -0.3 is 20.5 Å². The molecule has 0 saturated heterocycles. The molecule has 0 amide bonds. The van der Waals surface area contributed by atoms with Crippen LogP contribution in [-0.2, 0) is 11.3 Å². The molecule has 0 aliphatic rings. The minimum absolute atomic E-state index is 0.154. The van der Waals surface area contributed by atoms with Gasteiger partial charge in [-0.1, -0.05) is 31.3 Å². The van der Waals surface area contributed by atoms with Gasteiger partial charge in [0, 0.05) is 13.1 Å². The normalized spacial score (nSPS) is 13.8. The highest BCUT2D eigenvalue weighted by Gasteiger charge is 2.33. The van der Waals surface area contributed by atoms with Crippen molar-refractivity contribution < 1.29 is 14.6 Å². The van der Waals surface area contributed by atoms with E-state index >= 15 is 0 Å². The molecule has 1 unspecified atom stereocenters. The van der Waals surface area contributed by atoms with E-state index in [9.17, 15) is 9.90 Å². The summed E-state index contributed by atoms with van der Waals surface area (Å²) < 4.78 is 5.64. The van der Waals surface area contributed by atoms with Gasteiger partial charge in [0.2, 0.25) is 0 Å². The molecule has 25 heavy (non-hydrogen) atoms. The standard InChI is InChI=1S/C19H31BN2O3/c1-15(2)25-17-8-6-16(7-9-17)14-22(3)13-11-19(21,18(23)24)10-4-5-12-20/h6-9,15H,4-5,10-14,21H2,1-3H3,(H,23,24). The first-order chi connectivity index (χ1) is 11.8. The van der Waals surface area contributed by atoms with E-state index in [1.165, 1.54) is 0 Å². The van der Waals surface area contributed by atoms with Gasteiger partial charge in [-0.25, -0.2) is 0 Å². The molecule has 0 aromatic heterocycles. The highest BCUT2D eigenvalue weighted by Crippen LogP contribution is 2.19. The molecule has 0 aliphatic carbocycles. The van der Waals surface area contributed by atoms with E-state index in [1.807, 2.05) is 45.2 Å². The molecule has 0 saturated carbocycles. The Labute approximate surface area is 152 Å². The maximum absolute atomic E-state index is 11.5. The van der Waals surface area contributed by atoms with E-state index in [4.69, 9.17) is 18.3 Å². The third-order valence-corrected chi connectivity index (χ3v) is 4.19. The molecule has 1 aromatic carbocycles. The minimum atomic E-state index is -1.18. The third kappa shape index (κ3) is 7.93. The van der Waals surface area contributed by atoms with Crippen molar-refractivity contribution in [3.8, 4) is 5.75 Å². The Morgan fingerprint density at radius 1 is 1.28 bits per heavy atom. The van der Waals surface area contributed by atoms with Gasteiger partial charge in [0.05, 0.1) is 14.0 Å². The number of benzene rings is 1. The molecule has 2 radical (unpaired) electrons. The molecule has 3 N–H and O–H groups in total. The topological polar surface area (TPSA) is 75.8 Å². The number of carbonyl (C=O) groups is 1. The van der Waals surface area contributed by atoms with Crippen molar-refractivity contribution in [3.05, 3.63) is 29.8 Å². The van der Waals surface area contributed by atoms with Crippen molar-refractivity contribution in [2.75, 3.05) is 13.6 Å². The van der Waals surface area contributed by atoms with Crippen LogP contribution in [0.4, 0.5) is 0 Å². The fraction of sp³-hybridized carbons (Fsp3) is 0.632. The average Bonchev–Trinajstić information content (AvgIpc) is 2.54. The molecule has 1 rings (SSSR count). The second-order valence-electron chi connectivity index (χ2n) is 7.01. The molecular formula is C19H31BN2O3. The number of unbranched alkanes of at least 4 members (excludes halogenated alkanes) is 1. The number of hydrogen-bond acceptors (Lipinski definition) is 4. The lowest BCUT2D eigenvalue weighted by Gasteiger charge is -2.27. The van der Waals surface area contributed by atoms with Crippen molar-refractivity contribution >= 4 is 13.8 Å². The summed E-state index contributed by atoms with van der Waals surface area (Å²) in [6, 6.07) is 7.98. The second kappa shape index (κ2) is 10.5. The first kappa shape index (κ1) is 21.5. The lowest BCUT2D eigenvalue weighted by molar-refractivity contribution is -0.144. The van der Waals surface area contributed by atoms with Crippen LogP contribution in [0.15, 0.2) is 24.3 Å². The van der Waals surface area contributed by atoms with Crippen molar-refractivity contribution in [2.45, 2.75) is 64.0 Å². The fourth-order valence-electron chi connectivity index (χ4n) is 2.65. The van der Waals surface area contributed by atoms with Gasteiger partial charge >= 0.3 is 5.97 Å². The number of ether oxygens (including phenoxy) is 1. The Balaban J connectivity index is 2.51. The van der Waals surface area contributed by atoms with Crippen LogP contribution in [0, 0.1) is 0 Å². The first-order valence-corrected chi connectivity index (χ1v) is 8.93. The molecule has 6 heteroatoms. The Morgan fingerprint density at radius 3 is 2.44 bits per heavy atom. The van der Waals surface area contributed by atoms with E-state index in [2.05, 4.69) is 4.90 Å². The number of rotatable bonds is 12. The van der Waals surface area contributed by atoms with E-state index in [-0.39, 0.29) is 6.10 Å². The number of hydrogen-bond donors (Lipinski definition) is 2. The Bertz CT molecular complexity index is 522. The molecule has 0 heterocycles. The van der Waals surface area contributed by atoms with Crippen LogP contribution in [0.3, 0.4) is 0 Å². The minimum Gasteiger partial charge on any atom is -0.491 e. The summed E-state index contributed by atoms with van der Waals surface area (Å²) in [4.78, 5) is 13.6. The molecule has 1 aromatic rings. The molecule has 138 valence electrons. The molecule has 5 nitrogen and oxygen atoms in total. The Hall–Kier alpha value is -1.53. The first-order valence-electron chi connectivity index (χ1n) is 8.93. The van der Waals surface area contributed by atoms with Gasteiger partial charge in [0.15, 0.2) is 0 Å². The van der Waals surface area contributed by atoms with Crippen molar-refractivity contribution in [1.29, 1.82) is 0 Å². The zero-order chi connectivity index (χ0) is 18.9. The van der Waals surface area contributed by atoms with Gasteiger partial charge in [0.1, 0.15) is 11.3 Å². The van der Waals surface area contributed by atoms with Crippen LogP contribution in [-0.4, -0.2) is 49.1 Å². The highest BCUT2D eigenvalue weighted by molar-refractivity contribution is 6.08. The molecule has 0 spiro atoms. The monoisotopic (exact) mass is 346 g/mol. The zero-order valence-electron chi connectivity index (χ0n) is 15.7. The molecule has 0 fully saturated rings. The molecule has 0 aliphatic heterocycles. The number of carboxylic acids is 1. The van der Waals surface area contributed by atoms with Gasteiger partial charge in [-0.05, 0) is 51.4 Å². The van der Waals surface area contributed by atoms with Crippen LogP contribution >= 0.6 is 0 Å². The molecule has 0 bridgehead atoms. The summed E-state index contributed by atoms with van der Waals surface area (Å²) in [6.07, 6.45) is 3.12. The van der Waals surface area contributed by atoms with E-state index < -0.39 is 11.5 Å². The summed E-state index contributed by atoms with van der Waals surface area (Å²) in [5.41, 5.74) is 6.08. The van der Waals surface area contributed by atoms with E-state index in [0.717, 1.165) is 30.7 Å². The summed E-state index contributed by atoms with van der Waals surface area (Å²) in [7, 11) is 7.45. The lowest BCUT2D eigenvalue weighted by Crippen LogP contribution is -2.49. The summed E-state index contributed by atoms with van der Waals surface area (Å²) in [6.45, 7) is 5.35. The second-order valence-corrected chi connectivity index (χ2v) is 7.01. The van der Waals surface area contributed by atoms with Crippen LogP contribution in [0.2, 0.25) is 6.32 Å². The van der Waals surface area contributed by atoms with Gasteiger partial charge in [-0.15, -0.1) is 0 Å². The van der Waals surface area contributed by atoms with Crippen LogP contribution in [0.25, 0.3) is 0 Å². The molecular weight excluding hydrogens is 315 g/mol. The summed E-state index contributed by atoms with van der Waals surface area (Å²) in [5, 5.41) is 9.45. The van der Waals surface area contributed by atoms with Crippen LogP contribution in [0.1, 0.15) is 45.1 Å². The smallest absolute Gasteiger partial charge is 0.323 e. The van der Waals surface area contributed by atoms with Gasteiger partial charge in [-0.2, -0.15) is 0 Å². The SMILES string of the molecule is [B]CCCCC(N)(CCN(C)Cc1ccc(OC(C)C)cc1)C(=O)O. The van der Waals surface area contributed by atoms with Gasteiger partial charge in [0.25, 0.3) is 0 Å². The fourth-order valence-corrected chi connectivity index (χ4v) is 2.65. The number of nitrogens with two attached hydrogens (primary N) is 1. The van der Waals surface area contributed by atoms with Crippen molar-refractivity contribution in [3.63, 3.8) is 0 Å². The quantitative estimate of drug-likeness (QED) is 0.450.